The smallest absolute Gasteiger partial charge is 0.326 e. The van der Waals surface area contributed by atoms with Crippen LogP contribution < -0.4 is 15.2 Å². The van der Waals surface area contributed by atoms with Crippen molar-refractivity contribution in [2.45, 2.75) is 35.6 Å². The molecule has 11 heteroatoms. The number of nitrogens with zero attached hydrogens (tertiary/aromatic N) is 2. The van der Waals surface area contributed by atoms with Crippen molar-refractivity contribution in [1.29, 1.82) is 0 Å². The Balaban J connectivity index is 1.27. The minimum Gasteiger partial charge on any atom is -0.497 e. The first-order chi connectivity index (χ1) is 17.9. The van der Waals surface area contributed by atoms with Gasteiger partial charge in [0.05, 0.1) is 20.1 Å². The number of carbonyl (C=O) groups excluding carboxylic acids is 2. The predicted octanol–water partition coefficient (Wildman–Crippen LogP) is 2.73. The normalized spacial score (nSPS) is 25.7. The van der Waals surface area contributed by atoms with E-state index in [1.165, 1.54) is 18.1 Å². The number of ether oxygens (including phenoxy) is 4. The number of aromatic nitrogens is 3. The van der Waals surface area contributed by atoms with E-state index in [1.807, 2.05) is 36.4 Å². The van der Waals surface area contributed by atoms with Crippen LogP contribution in [0.3, 0.4) is 0 Å². The summed E-state index contributed by atoms with van der Waals surface area (Å²) in [6.07, 6.45) is 1.78. The van der Waals surface area contributed by atoms with Gasteiger partial charge in [0.15, 0.2) is 5.16 Å². The summed E-state index contributed by atoms with van der Waals surface area (Å²) in [6.45, 7) is 0.198. The van der Waals surface area contributed by atoms with E-state index in [0.717, 1.165) is 16.9 Å². The van der Waals surface area contributed by atoms with Crippen molar-refractivity contribution >= 4 is 23.7 Å². The fraction of sp³-hybridized carbons (Fsp3) is 0.385. The third-order valence-corrected chi connectivity index (χ3v) is 8.22. The molecule has 0 spiro atoms. The molecule has 2 saturated carbocycles. The highest BCUT2D eigenvalue weighted by Gasteiger charge is 2.74. The standard InChI is InChI=1S/C26H28N4O6S/c1-33-17-7-3-15(4-8-17)12-35-23(31)21-20-19(37-25-28-14-29-30-25)11-26(27,22(20)21)24(32)36-13-16-5-9-18(34-2)10-6-16/h3-10,14,19-22H,11-13,27H2,1-2H3,(H,28,29,30). The van der Waals surface area contributed by atoms with Crippen molar-refractivity contribution in [2.75, 3.05) is 14.2 Å². The molecule has 10 nitrogen and oxygen atoms in total. The quantitative estimate of drug-likeness (QED) is 0.381. The highest BCUT2D eigenvalue weighted by Crippen LogP contribution is 2.65. The molecule has 3 aromatic rings. The summed E-state index contributed by atoms with van der Waals surface area (Å²) in [5.41, 5.74) is 7.05. The van der Waals surface area contributed by atoms with Gasteiger partial charge in [-0.05, 0) is 47.7 Å². The van der Waals surface area contributed by atoms with Crippen LogP contribution in [0.25, 0.3) is 0 Å². The maximum Gasteiger partial charge on any atom is 0.326 e. The Bertz CT molecular complexity index is 1240. The molecule has 0 amide bonds. The summed E-state index contributed by atoms with van der Waals surface area (Å²) >= 11 is 1.43. The number of rotatable bonds is 10. The zero-order valence-corrected chi connectivity index (χ0v) is 21.3. The van der Waals surface area contributed by atoms with Crippen LogP contribution in [0.2, 0.25) is 0 Å². The van der Waals surface area contributed by atoms with Gasteiger partial charge in [0, 0.05) is 11.2 Å². The molecule has 0 radical (unpaired) electrons. The number of nitrogens with one attached hydrogen (secondary N) is 1. The van der Waals surface area contributed by atoms with E-state index in [-0.39, 0.29) is 36.3 Å². The van der Waals surface area contributed by atoms with Crippen LogP contribution in [0, 0.1) is 17.8 Å². The van der Waals surface area contributed by atoms with E-state index in [1.54, 1.807) is 26.4 Å². The van der Waals surface area contributed by atoms with E-state index in [4.69, 9.17) is 24.7 Å². The second kappa shape index (κ2) is 10.4. The van der Waals surface area contributed by atoms with E-state index in [9.17, 15) is 9.59 Å². The number of H-pyrrole nitrogens is 1. The number of hydrogen-bond acceptors (Lipinski definition) is 10. The zero-order valence-electron chi connectivity index (χ0n) is 20.5. The summed E-state index contributed by atoms with van der Waals surface area (Å²) < 4.78 is 21.6. The number of esters is 2. The predicted molar refractivity (Wildman–Crippen MR) is 134 cm³/mol. The molecule has 5 atom stereocenters. The molecule has 1 aromatic heterocycles. The summed E-state index contributed by atoms with van der Waals surface area (Å²) in [5.74, 6) is -0.455. The molecule has 37 heavy (non-hydrogen) atoms. The average molecular weight is 525 g/mol. The SMILES string of the molecule is COc1ccc(COC(=O)C2C3C(Sc4ncn[nH]4)CC(N)(C(=O)OCc4ccc(OC)cc4)C23)cc1. The van der Waals surface area contributed by atoms with Gasteiger partial charge in [0.1, 0.15) is 36.6 Å². The number of methoxy groups -OCH3 is 2. The number of carbonyl (C=O) groups is 2. The Labute approximate surface area is 218 Å². The molecule has 0 saturated heterocycles. The second-order valence-electron chi connectivity index (χ2n) is 9.20. The largest absolute Gasteiger partial charge is 0.497 e. The van der Waals surface area contributed by atoms with Crippen LogP contribution in [-0.2, 0) is 32.3 Å². The van der Waals surface area contributed by atoms with Crippen molar-refractivity contribution < 1.29 is 28.5 Å². The van der Waals surface area contributed by atoms with Crippen LogP contribution >= 0.6 is 11.8 Å². The molecule has 194 valence electrons. The molecule has 2 aliphatic rings. The van der Waals surface area contributed by atoms with E-state index >= 15 is 0 Å². The van der Waals surface area contributed by atoms with E-state index < -0.39 is 17.4 Å². The fourth-order valence-corrected chi connectivity index (χ4v) is 6.44. The zero-order chi connectivity index (χ0) is 26.0. The highest BCUT2D eigenvalue weighted by atomic mass is 32.2. The molecule has 2 aromatic carbocycles. The van der Waals surface area contributed by atoms with Crippen LogP contribution in [0.4, 0.5) is 0 Å². The topological polar surface area (TPSA) is 139 Å². The lowest BCUT2D eigenvalue weighted by Crippen LogP contribution is -2.51. The number of aromatic amines is 1. The Morgan fingerprint density at radius 3 is 2.14 bits per heavy atom. The number of fused-ring (bicyclic) bond motifs is 1. The first-order valence-electron chi connectivity index (χ1n) is 11.8. The van der Waals surface area contributed by atoms with Gasteiger partial charge in [-0.3, -0.25) is 14.7 Å². The van der Waals surface area contributed by atoms with E-state index in [0.29, 0.717) is 17.3 Å². The van der Waals surface area contributed by atoms with E-state index in [2.05, 4.69) is 15.2 Å². The molecule has 5 unspecified atom stereocenters. The van der Waals surface area contributed by atoms with Gasteiger partial charge in [-0.15, -0.1) is 0 Å². The number of thioether (sulfide) groups is 1. The molecule has 0 aliphatic heterocycles. The summed E-state index contributed by atoms with van der Waals surface area (Å²) in [4.78, 5) is 30.6. The second-order valence-corrected chi connectivity index (χ2v) is 10.4. The lowest BCUT2D eigenvalue weighted by Gasteiger charge is -2.27. The average Bonchev–Trinajstić information content (AvgIpc) is 3.35. The van der Waals surface area contributed by atoms with Gasteiger partial charge in [-0.1, -0.05) is 36.0 Å². The molecule has 2 aliphatic carbocycles. The van der Waals surface area contributed by atoms with Crippen LogP contribution in [0.5, 0.6) is 11.5 Å². The van der Waals surface area contributed by atoms with Gasteiger partial charge in [0.2, 0.25) is 0 Å². The number of hydrogen-bond donors (Lipinski definition) is 2. The van der Waals surface area contributed by atoms with Crippen LogP contribution in [-0.4, -0.2) is 52.1 Å². The van der Waals surface area contributed by atoms with Crippen LogP contribution in [0.1, 0.15) is 17.5 Å². The van der Waals surface area contributed by atoms with Crippen molar-refractivity contribution in [3.05, 3.63) is 66.0 Å². The fourth-order valence-electron chi connectivity index (χ4n) is 5.08. The Morgan fingerprint density at radius 1 is 1.00 bits per heavy atom. The molecule has 5 rings (SSSR count). The molecule has 3 N–H and O–H groups in total. The number of benzene rings is 2. The van der Waals surface area contributed by atoms with Gasteiger partial charge in [0.25, 0.3) is 0 Å². The minimum atomic E-state index is -1.31. The minimum absolute atomic E-state index is 0.0751. The maximum absolute atomic E-state index is 13.3. The number of nitrogens with two attached hydrogens (primary N) is 1. The van der Waals surface area contributed by atoms with Gasteiger partial charge in [-0.25, -0.2) is 4.98 Å². The molecule has 1 heterocycles. The lowest BCUT2D eigenvalue weighted by atomic mass is 9.91. The van der Waals surface area contributed by atoms with Gasteiger partial charge >= 0.3 is 11.9 Å². The Morgan fingerprint density at radius 2 is 1.59 bits per heavy atom. The molecular weight excluding hydrogens is 496 g/mol. The highest BCUT2D eigenvalue weighted by molar-refractivity contribution is 7.99. The van der Waals surface area contributed by atoms with Crippen molar-refractivity contribution in [3.63, 3.8) is 0 Å². The van der Waals surface area contributed by atoms with Gasteiger partial charge < -0.3 is 24.7 Å². The van der Waals surface area contributed by atoms with Crippen LogP contribution in [0.15, 0.2) is 60.0 Å². The monoisotopic (exact) mass is 524 g/mol. The Kier molecular flexibility index (Phi) is 7.07. The third-order valence-electron chi connectivity index (χ3n) is 7.02. The van der Waals surface area contributed by atoms with Crippen molar-refractivity contribution in [1.82, 2.24) is 15.2 Å². The lowest BCUT2D eigenvalue weighted by molar-refractivity contribution is -0.153. The first kappa shape index (κ1) is 25.1. The van der Waals surface area contributed by atoms with Crippen molar-refractivity contribution in [3.8, 4) is 11.5 Å². The van der Waals surface area contributed by atoms with Gasteiger partial charge in [-0.2, -0.15) is 5.10 Å². The summed E-state index contributed by atoms with van der Waals surface area (Å²) in [5, 5.41) is 7.21. The maximum atomic E-state index is 13.3. The first-order valence-corrected chi connectivity index (χ1v) is 12.7. The van der Waals surface area contributed by atoms with Crippen molar-refractivity contribution in [2.24, 2.45) is 23.5 Å². The molecule has 0 bridgehead atoms. The molecular formula is C26H28N4O6S. The molecule has 2 fully saturated rings. The Hall–Kier alpha value is -3.57. The summed E-state index contributed by atoms with van der Waals surface area (Å²) in [6, 6.07) is 14.5. The summed E-state index contributed by atoms with van der Waals surface area (Å²) in [7, 11) is 3.18. The third kappa shape index (κ3) is 5.14.